The molecule has 0 radical (unpaired) electrons. The average Bonchev–Trinajstić information content (AvgIpc) is 2.45. The highest BCUT2D eigenvalue weighted by atomic mass is 31.2. The molecule has 0 aliphatic carbocycles. The number of benzene rings is 1. The molecule has 1 aromatic rings. The normalized spacial score (nSPS) is 13.0. The highest BCUT2D eigenvalue weighted by Crippen LogP contribution is 2.57. The molecule has 140 valence electrons. The van der Waals surface area contributed by atoms with E-state index in [2.05, 4.69) is 0 Å². The van der Waals surface area contributed by atoms with Gasteiger partial charge in [-0.15, -0.1) is 0 Å². The molecule has 0 aromatic heterocycles. The highest BCUT2D eigenvalue weighted by Gasteiger charge is 2.46. The van der Waals surface area contributed by atoms with E-state index in [1.54, 1.807) is 58.0 Å². The Balaban J connectivity index is 3.40. The largest absolute Gasteiger partial charge is 0.464 e. The van der Waals surface area contributed by atoms with Gasteiger partial charge in [-0.25, -0.2) is 9.59 Å². The van der Waals surface area contributed by atoms with Crippen molar-refractivity contribution >= 4 is 19.8 Å². The second-order valence-corrected chi connectivity index (χ2v) is 8.05. The van der Waals surface area contributed by atoms with E-state index in [1.807, 2.05) is 0 Å². The summed E-state index contributed by atoms with van der Waals surface area (Å²) in [5.74, 6) is -1.52. The van der Waals surface area contributed by atoms with Crippen LogP contribution in [0.5, 0.6) is 0 Å². The van der Waals surface area contributed by atoms with Crippen LogP contribution in [0.4, 0.5) is 9.59 Å². The second kappa shape index (κ2) is 8.99. The van der Waals surface area contributed by atoms with Crippen LogP contribution in [0.1, 0.15) is 33.3 Å². The molecule has 0 saturated carbocycles. The molecule has 0 bridgehead atoms. The van der Waals surface area contributed by atoms with E-state index in [0.29, 0.717) is 5.56 Å². The predicted molar refractivity (Wildman–Crippen MR) is 91.9 cm³/mol. The minimum absolute atomic E-state index is 0.0958. The number of hydrogen-bond donors (Lipinski definition) is 2. The van der Waals surface area contributed by atoms with E-state index < -0.39 is 37.8 Å². The van der Waals surface area contributed by atoms with Crippen molar-refractivity contribution in [3.8, 4) is 0 Å². The lowest BCUT2D eigenvalue weighted by Gasteiger charge is -2.33. The summed E-state index contributed by atoms with van der Waals surface area (Å²) in [5, 5.41) is 18.7. The van der Waals surface area contributed by atoms with Crippen LogP contribution in [0.3, 0.4) is 0 Å². The van der Waals surface area contributed by atoms with Crippen LogP contribution in [0.25, 0.3) is 0 Å². The average molecular weight is 373 g/mol. The van der Waals surface area contributed by atoms with Gasteiger partial charge in [-0.3, -0.25) is 4.57 Å². The van der Waals surface area contributed by atoms with E-state index in [0.717, 1.165) is 0 Å². The van der Waals surface area contributed by atoms with Crippen molar-refractivity contribution in [1.29, 1.82) is 0 Å². The number of hydrogen-bond acceptors (Lipinski definition) is 5. The summed E-state index contributed by atoms with van der Waals surface area (Å²) in [5.41, 5.74) is 0.611. The number of nitrogens with zero attached hydrogens (tertiary/aromatic N) is 1. The topological polar surface area (TPSA) is 113 Å². The van der Waals surface area contributed by atoms with Gasteiger partial charge in [0.15, 0.2) is 5.78 Å². The first-order valence-electron chi connectivity index (χ1n) is 7.82. The minimum atomic E-state index is -4.11. The third-order valence-electron chi connectivity index (χ3n) is 3.05. The Kier molecular flexibility index (Phi) is 7.60. The fourth-order valence-corrected chi connectivity index (χ4v) is 4.68. The lowest BCUT2D eigenvalue weighted by Crippen LogP contribution is -2.45. The Labute approximate surface area is 146 Å². The summed E-state index contributed by atoms with van der Waals surface area (Å²) in [6.45, 7) is 6.45. The molecule has 1 unspecified atom stereocenters. The van der Waals surface area contributed by atoms with Crippen molar-refractivity contribution in [2.45, 2.75) is 52.1 Å². The summed E-state index contributed by atoms with van der Waals surface area (Å²) in [6, 6.07) is 8.57. The Morgan fingerprint density at radius 2 is 1.44 bits per heavy atom. The molecular weight excluding hydrogens is 349 g/mol. The van der Waals surface area contributed by atoms with Gasteiger partial charge < -0.3 is 19.3 Å². The predicted octanol–water partition coefficient (Wildman–Crippen LogP) is 4.26. The third-order valence-corrected chi connectivity index (χ3v) is 5.63. The van der Waals surface area contributed by atoms with Crippen molar-refractivity contribution in [2.24, 2.45) is 0 Å². The fourth-order valence-electron chi connectivity index (χ4n) is 2.26. The first kappa shape index (κ1) is 21.2. The summed E-state index contributed by atoms with van der Waals surface area (Å²) in [6.07, 6.45) is -4.71. The van der Waals surface area contributed by atoms with Crippen molar-refractivity contribution in [3.63, 3.8) is 0 Å². The van der Waals surface area contributed by atoms with Crippen LogP contribution in [0, 0.1) is 0 Å². The molecule has 0 saturated heterocycles. The van der Waals surface area contributed by atoms with Crippen LogP contribution in [0.15, 0.2) is 30.3 Å². The molecule has 1 atom stereocenters. The molecule has 1 rings (SSSR count). The zero-order chi connectivity index (χ0) is 19.2. The maximum atomic E-state index is 13.4. The quantitative estimate of drug-likeness (QED) is 0.655. The fraction of sp³-hybridized carbons (Fsp3) is 0.500. The molecule has 8 nitrogen and oxygen atoms in total. The molecule has 0 heterocycles. The van der Waals surface area contributed by atoms with E-state index in [1.165, 1.54) is 0 Å². The Morgan fingerprint density at radius 1 is 1.00 bits per heavy atom. The van der Waals surface area contributed by atoms with Gasteiger partial charge in [-0.2, -0.15) is 4.90 Å². The number of carboxylic acid groups (broad SMARTS) is 2. The van der Waals surface area contributed by atoms with E-state index in [-0.39, 0.29) is 11.3 Å². The zero-order valence-corrected chi connectivity index (χ0v) is 15.6. The molecular formula is C16H24NO7P. The Hall–Kier alpha value is -1.89. The van der Waals surface area contributed by atoms with Crippen LogP contribution in [-0.2, 0) is 20.0 Å². The molecule has 0 aliphatic rings. The van der Waals surface area contributed by atoms with Gasteiger partial charge in [0.1, 0.15) is 0 Å². The van der Waals surface area contributed by atoms with Gasteiger partial charge in [-0.1, -0.05) is 30.3 Å². The zero-order valence-electron chi connectivity index (χ0n) is 14.7. The summed E-state index contributed by atoms with van der Waals surface area (Å²) >= 11 is 0. The molecule has 1 aromatic carbocycles. The monoisotopic (exact) mass is 373 g/mol. The second-order valence-electron chi connectivity index (χ2n) is 5.95. The molecule has 9 heteroatoms. The van der Waals surface area contributed by atoms with Crippen molar-refractivity contribution in [1.82, 2.24) is 4.90 Å². The first-order valence-corrected chi connectivity index (χ1v) is 9.43. The summed E-state index contributed by atoms with van der Waals surface area (Å²) < 4.78 is 24.2. The lowest BCUT2D eigenvalue weighted by atomic mass is 10.1. The van der Waals surface area contributed by atoms with Crippen LogP contribution in [-0.4, -0.2) is 45.3 Å². The van der Waals surface area contributed by atoms with Crippen molar-refractivity contribution in [3.05, 3.63) is 35.9 Å². The highest BCUT2D eigenvalue weighted by molar-refractivity contribution is 7.54. The van der Waals surface area contributed by atoms with Gasteiger partial charge >= 0.3 is 19.8 Å². The van der Waals surface area contributed by atoms with E-state index in [9.17, 15) is 24.4 Å². The lowest BCUT2D eigenvalue weighted by molar-refractivity contribution is 0.0918. The molecule has 2 N–H and O–H groups in total. The first-order chi connectivity index (χ1) is 11.6. The number of imide groups is 1. The molecule has 0 aliphatic heterocycles. The van der Waals surface area contributed by atoms with Crippen LogP contribution < -0.4 is 0 Å². The van der Waals surface area contributed by atoms with Crippen LogP contribution >= 0.6 is 7.60 Å². The Bertz CT molecular complexity index is 605. The molecule has 0 fully saturated rings. The van der Waals surface area contributed by atoms with E-state index >= 15 is 0 Å². The molecule has 0 spiro atoms. The standard InChI is InChI=1S/C16H24NO7P/c1-11(2)23-25(22,24-12(3)4)14(17(15(18)19)16(20)21)10-13-8-6-5-7-9-13/h5-9,11-12,14H,10H2,1-4H3,(H,18,19)(H,20,21). The Morgan fingerprint density at radius 3 is 1.80 bits per heavy atom. The summed E-state index contributed by atoms with van der Waals surface area (Å²) in [7, 11) is -4.11. The third kappa shape index (κ3) is 6.16. The molecule has 25 heavy (non-hydrogen) atoms. The number of rotatable bonds is 8. The maximum Gasteiger partial charge on any atom is 0.417 e. The number of carbonyl (C=O) groups is 2. The maximum absolute atomic E-state index is 13.4. The number of amides is 2. The van der Waals surface area contributed by atoms with Gasteiger partial charge in [0.25, 0.3) is 0 Å². The van der Waals surface area contributed by atoms with E-state index in [4.69, 9.17) is 9.05 Å². The molecule has 2 amide bonds. The van der Waals surface area contributed by atoms with Gasteiger partial charge in [0, 0.05) is 6.42 Å². The van der Waals surface area contributed by atoms with Crippen molar-refractivity contribution in [2.75, 3.05) is 0 Å². The summed E-state index contributed by atoms with van der Waals surface area (Å²) in [4.78, 5) is 23.1. The van der Waals surface area contributed by atoms with Crippen molar-refractivity contribution < 1.29 is 33.4 Å². The van der Waals surface area contributed by atoms with Gasteiger partial charge in [-0.05, 0) is 33.3 Å². The van der Waals surface area contributed by atoms with Gasteiger partial charge in [0.2, 0.25) is 0 Å². The smallest absolute Gasteiger partial charge is 0.417 e. The SMILES string of the molecule is CC(C)OP(=O)(OC(C)C)C(Cc1ccccc1)N(C(=O)O)C(=O)O. The van der Waals surface area contributed by atoms with Crippen LogP contribution in [0.2, 0.25) is 0 Å². The van der Waals surface area contributed by atoms with Gasteiger partial charge in [0.05, 0.1) is 12.2 Å². The minimum Gasteiger partial charge on any atom is -0.464 e.